The van der Waals surface area contributed by atoms with Gasteiger partial charge in [-0.1, -0.05) is 29.8 Å². The number of carbonyl (C=O) groups is 1. The van der Waals surface area contributed by atoms with Crippen LogP contribution in [-0.4, -0.2) is 17.5 Å². The van der Waals surface area contributed by atoms with Crippen LogP contribution in [0.25, 0.3) is 0 Å². The highest BCUT2D eigenvalue weighted by Gasteiger charge is 2.14. The number of nitrogens with zero attached hydrogens (tertiary/aromatic N) is 1. The molecule has 0 spiro atoms. The first-order chi connectivity index (χ1) is 10.1. The van der Waals surface area contributed by atoms with Crippen molar-refractivity contribution in [1.29, 1.82) is 0 Å². The lowest BCUT2D eigenvalue weighted by Crippen LogP contribution is -2.15. The molecule has 6 heteroatoms. The van der Waals surface area contributed by atoms with Crippen molar-refractivity contribution in [2.45, 2.75) is 13.5 Å². The van der Waals surface area contributed by atoms with Crippen molar-refractivity contribution in [2.75, 3.05) is 11.9 Å². The second kappa shape index (κ2) is 7.15. The summed E-state index contributed by atoms with van der Waals surface area (Å²) in [5.41, 5.74) is 1.41. The van der Waals surface area contributed by atoms with Crippen molar-refractivity contribution in [1.82, 2.24) is 4.98 Å². The Balaban J connectivity index is 2.21. The van der Waals surface area contributed by atoms with Gasteiger partial charge in [-0.25, -0.2) is 9.37 Å². The molecule has 0 atom stereocenters. The van der Waals surface area contributed by atoms with E-state index in [1.54, 1.807) is 12.1 Å². The highest BCUT2D eigenvalue weighted by molar-refractivity contribution is 6.33. The number of hydrogen-bond donors (Lipinski definition) is 1. The summed E-state index contributed by atoms with van der Waals surface area (Å²) >= 11 is 5.82. The SMILES string of the molecule is CCOCc1ccccc1NC(=O)c1cc(F)cnc1Cl. The van der Waals surface area contributed by atoms with Crippen LogP contribution in [-0.2, 0) is 11.3 Å². The molecular formula is C15H14ClFN2O2. The number of anilines is 1. The van der Waals surface area contributed by atoms with Crippen molar-refractivity contribution in [3.05, 3.63) is 58.6 Å². The average molecular weight is 309 g/mol. The molecule has 0 radical (unpaired) electrons. The molecule has 1 heterocycles. The standard InChI is InChI=1S/C15H14ClFN2O2/c1-2-21-9-10-5-3-4-6-13(10)19-15(20)12-7-11(17)8-18-14(12)16/h3-8H,2,9H2,1H3,(H,19,20). The molecule has 2 aromatic rings. The number of para-hydroxylation sites is 1. The normalized spacial score (nSPS) is 10.4. The summed E-state index contributed by atoms with van der Waals surface area (Å²) in [6.45, 7) is 2.84. The van der Waals surface area contributed by atoms with Crippen molar-refractivity contribution in [3.8, 4) is 0 Å². The molecule has 110 valence electrons. The summed E-state index contributed by atoms with van der Waals surface area (Å²) in [6, 6.07) is 8.27. The van der Waals surface area contributed by atoms with Crippen LogP contribution in [0.4, 0.5) is 10.1 Å². The zero-order chi connectivity index (χ0) is 15.2. The van der Waals surface area contributed by atoms with E-state index in [9.17, 15) is 9.18 Å². The van der Waals surface area contributed by atoms with E-state index in [0.717, 1.165) is 17.8 Å². The molecule has 0 bridgehead atoms. The molecule has 1 amide bonds. The zero-order valence-electron chi connectivity index (χ0n) is 11.4. The third-order valence-electron chi connectivity index (χ3n) is 2.78. The van der Waals surface area contributed by atoms with Crippen LogP contribution in [0.3, 0.4) is 0 Å². The van der Waals surface area contributed by atoms with Gasteiger partial charge in [-0.2, -0.15) is 0 Å². The number of hydrogen-bond acceptors (Lipinski definition) is 3. The van der Waals surface area contributed by atoms with Gasteiger partial charge in [0.1, 0.15) is 11.0 Å². The van der Waals surface area contributed by atoms with Crippen LogP contribution in [0, 0.1) is 5.82 Å². The number of rotatable bonds is 5. The number of amides is 1. The van der Waals surface area contributed by atoms with Gasteiger partial charge in [-0.3, -0.25) is 4.79 Å². The van der Waals surface area contributed by atoms with Gasteiger partial charge in [-0.05, 0) is 19.1 Å². The van der Waals surface area contributed by atoms with Crippen LogP contribution < -0.4 is 5.32 Å². The smallest absolute Gasteiger partial charge is 0.258 e. The molecule has 0 unspecified atom stereocenters. The minimum absolute atomic E-state index is 0.0112. The first-order valence-electron chi connectivity index (χ1n) is 6.40. The Morgan fingerprint density at radius 1 is 1.43 bits per heavy atom. The quantitative estimate of drug-likeness (QED) is 0.858. The fraction of sp³-hybridized carbons (Fsp3) is 0.200. The molecule has 0 aliphatic carbocycles. The van der Waals surface area contributed by atoms with Gasteiger partial charge >= 0.3 is 0 Å². The van der Waals surface area contributed by atoms with Crippen LogP contribution in [0.2, 0.25) is 5.15 Å². The molecule has 0 aliphatic rings. The van der Waals surface area contributed by atoms with Crippen LogP contribution in [0.5, 0.6) is 0 Å². The lowest BCUT2D eigenvalue weighted by Gasteiger charge is -2.11. The first kappa shape index (κ1) is 15.4. The van der Waals surface area contributed by atoms with E-state index in [1.807, 2.05) is 19.1 Å². The minimum atomic E-state index is -0.618. The third-order valence-corrected chi connectivity index (χ3v) is 3.08. The molecule has 1 aromatic heterocycles. The minimum Gasteiger partial charge on any atom is -0.377 e. The Hall–Kier alpha value is -1.98. The molecule has 2 rings (SSSR count). The number of benzene rings is 1. The summed E-state index contributed by atoms with van der Waals surface area (Å²) in [5, 5.41) is 2.65. The van der Waals surface area contributed by atoms with E-state index in [4.69, 9.17) is 16.3 Å². The van der Waals surface area contributed by atoms with Crippen molar-refractivity contribution in [2.24, 2.45) is 0 Å². The maximum Gasteiger partial charge on any atom is 0.258 e. The summed E-state index contributed by atoms with van der Waals surface area (Å²) in [4.78, 5) is 15.8. The maximum absolute atomic E-state index is 13.2. The number of ether oxygens (including phenoxy) is 1. The predicted octanol–water partition coefficient (Wildman–Crippen LogP) is 3.66. The fourth-order valence-electron chi connectivity index (χ4n) is 1.75. The van der Waals surface area contributed by atoms with E-state index in [1.165, 1.54) is 0 Å². The predicted molar refractivity (Wildman–Crippen MR) is 78.9 cm³/mol. The molecule has 0 saturated carbocycles. The summed E-state index contributed by atoms with van der Waals surface area (Å²) in [5.74, 6) is -1.14. The largest absolute Gasteiger partial charge is 0.377 e. The molecule has 0 saturated heterocycles. The Morgan fingerprint density at radius 2 is 2.19 bits per heavy atom. The average Bonchev–Trinajstić information content (AvgIpc) is 2.48. The van der Waals surface area contributed by atoms with Crippen LogP contribution >= 0.6 is 11.6 Å². The van der Waals surface area contributed by atoms with Gasteiger partial charge in [0.15, 0.2) is 0 Å². The van der Waals surface area contributed by atoms with Crippen LogP contribution in [0.15, 0.2) is 36.5 Å². The van der Waals surface area contributed by atoms with E-state index in [2.05, 4.69) is 10.3 Å². The van der Waals surface area contributed by atoms with Gasteiger partial charge in [0.2, 0.25) is 0 Å². The van der Waals surface area contributed by atoms with Gasteiger partial charge in [0.25, 0.3) is 5.91 Å². The van der Waals surface area contributed by atoms with E-state index >= 15 is 0 Å². The molecule has 4 nitrogen and oxygen atoms in total. The topological polar surface area (TPSA) is 51.2 Å². The highest BCUT2D eigenvalue weighted by atomic mass is 35.5. The van der Waals surface area contributed by atoms with Gasteiger partial charge < -0.3 is 10.1 Å². The number of aromatic nitrogens is 1. The molecule has 0 aliphatic heterocycles. The lowest BCUT2D eigenvalue weighted by atomic mass is 10.1. The number of pyridine rings is 1. The fourth-order valence-corrected chi connectivity index (χ4v) is 1.94. The third kappa shape index (κ3) is 4.00. The second-order valence-electron chi connectivity index (χ2n) is 4.24. The molecular weight excluding hydrogens is 295 g/mol. The number of halogens is 2. The maximum atomic E-state index is 13.2. The number of carbonyl (C=O) groups excluding carboxylic acids is 1. The Bertz CT molecular complexity index is 649. The molecule has 0 fully saturated rings. The summed E-state index contributed by atoms with van der Waals surface area (Å²) in [7, 11) is 0. The lowest BCUT2D eigenvalue weighted by molar-refractivity contribution is 0.102. The second-order valence-corrected chi connectivity index (χ2v) is 4.60. The van der Waals surface area contributed by atoms with Gasteiger partial charge in [0.05, 0.1) is 18.4 Å². The molecule has 21 heavy (non-hydrogen) atoms. The molecule has 1 aromatic carbocycles. The van der Waals surface area contributed by atoms with Crippen molar-refractivity contribution >= 4 is 23.2 Å². The zero-order valence-corrected chi connectivity index (χ0v) is 12.2. The van der Waals surface area contributed by atoms with Crippen molar-refractivity contribution < 1.29 is 13.9 Å². The van der Waals surface area contributed by atoms with Crippen LogP contribution in [0.1, 0.15) is 22.8 Å². The first-order valence-corrected chi connectivity index (χ1v) is 6.77. The van der Waals surface area contributed by atoms with E-state index in [-0.39, 0.29) is 10.7 Å². The Kier molecular flexibility index (Phi) is 5.25. The monoisotopic (exact) mass is 308 g/mol. The van der Waals surface area contributed by atoms with E-state index in [0.29, 0.717) is 18.9 Å². The summed E-state index contributed by atoms with van der Waals surface area (Å²) in [6.07, 6.45) is 0.960. The molecule has 1 N–H and O–H groups in total. The summed E-state index contributed by atoms with van der Waals surface area (Å²) < 4.78 is 18.5. The van der Waals surface area contributed by atoms with E-state index < -0.39 is 11.7 Å². The van der Waals surface area contributed by atoms with Gasteiger partial charge in [-0.15, -0.1) is 0 Å². The Morgan fingerprint density at radius 3 is 2.95 bits per heavy atom. The Labute approximate surface area is 126 Å². The van der Waals surface area contributed by atoms with Gasteiger partial charge in [0, 0.05) is 17.9 Å². The highest BCUT2D eigenvalue weighted by Crippen LogP contribution is 2.20. The number of nitrogens with one attached hydrogen (secondary N) is 1. The van der Waals surface area contributed by atoms with Crippen molar-refractivity contribution in [3.63, 3.8) is 0 Å².